The summed E-state index contributed by atoms with van der Waals surface area (Å²) in [6.45, 7) is 6.24. The van der Waals surface area contributed by atoms with Crippen LogP contribution in [0.1, 0.15) is 19.8 Å². The first kappa shape index (κ1) is 14.8. The molecule has 7 nitrogen and oxygen atoms in total. The normalized spacial score (nSPS) is 17.4. The van der Waals surface area contributed by atoms with Crippen LogP contribution in [-0.2, 0) is 14.1 Å². The van der Waals surface area contributed by atoms with Crippen LogP contribution < -0.4 is 16.6 Å². The molecular formula is C13H23N5O2. The molecular weight excluding hydrogens is 258 g/mol. The second kappa shape index (κ2) is 6.21. The third kappa shape index (κ3) is 3.09. The van der Waals surface area contributed by atoms with Crippen molar-refractivity contribution >= 4 is 5.82 Å². The van der Waals surface area contributed by atoms with E-state index in [0.29, 0.717) is 5.92 Å². The molecule has 1 aliphatic rings. The fourth-order valence-electron chi connectivity index (χ4n) is 2.56. The van der Waals surface area contributed by atoms with Crippen molar-refractivity contribution in [3.8, 4) is 0 Å². The first-order valence-corrected chi connectivity index (χ1v) is 7.13. The molecule has 0 saturated carbocycles. The molecule has 0 aromatic carbocycles. The summed E-state index contributed by atoms with van der Waals surface area (Å²) in [6.07, 6.45) is 2.26. The second-order valence-electron chi connectivity index (χ2n) is 5.38. The van der Waals surface area contributed by atoms with Gasteiger partial charge in [0.2, 0.25) is 5.82 Å². The SMILES string of the molecule is CCN1CCC(CNc2nn(C)c(=O)n(C)c2=O)CC1. The Kier molecular flexibility index (Phi) is 4.59. The highest BCUT2D eigenvalue weighted by Crippen LogP contribution is 2.16. The molecule has 0 amide bonds. The van der Waals surface area contributed by atoms with Crippen LogP contribution in [0.4, 0.5) is 5.82 Å². The lowest BCUT2D eigenvalue weighted by Gasteiger charge is -2.31. The van der Waals surface area contributed by atoms with Crippen molar-refractivity contribution in [2.24, 2.45) is 20.0 Å². The van der Waals surface area contributed by atoms with Crippen molar-refractivity contribution in [2.75, 3.05) is 31.5 Å². The number of likely N-dealkylation sites (tertiary alicyclic amines) is 1. The number of hydrogen-bond acceptors (Lipinski definition) is 5. The Morgan fingerprint density at radius 1 is 1.25 bits per heavy atom. The Morgan fingerprint density at radius 3 is 2.50 bits per heavy atom. The zero-order valence-corrected chi connectivity index (χ0v) is 12.4. The van der Waals surface area contributed by atoms with Gasteiger partial charge in [0.15, 0.2) is 0 Å². The molecule has 1 aromatic heterocycles. The monoisotopic (exact) mass is 281 g/mol. The number of anilines is 1. The van der Waals surface area contributed by atoms with Gasteiger partial charge in [-0.05, 0) is 38.4 Å². The minimum atomic E-state index is -0.406. The van der Waals surface area contributed by atoms with Crippen LogP contribution in [0.15, 0.2) is 9.59 Å². The van der Waals surface area contributed by atoms with Gasteiger partial charge >= 0.3 is 5.69 Å². The van der Waals surface area contributed by atoms with Crippen molar-refractivity contribution in [1.29, 1.82) is 0 Å². The molecule has 7 heteroatoms. The van der Waals surface area contributed by atoms with Crippen LogP contribution in [0.25, 0.3) is 0 Å². The number of nitrogens with zero attached hydrogens (tertiary/aromatic N) is 4. The summed E-state index contributed by atoms with van der Waals surface area (Å²) in [5, 5.41) is 7.10. The smallest absolute Gasteiger partial charge is 0.346 e. The minimum Gasteiger partial charge on any atom is -0.364 e. The van der Waals surface area contributed by atoms with Crippen LogP contribution in [0, 0.1) is 5.92 Å². The predicted octanol–water partition coefficient (Wildman–Crippen LogP) is -0.377. The van der Waals surface area contributed by atoms with Gasteiger partial charge in [-0.1, -0.05) is 6.92 Å². The zero-order chi connectivity index (χ0) is 14.7. The number of hydrogen-bond donors (Lipinski definition) is 1. The molecule has 0 bridgehead atoms. The van der Waals surface area contributed by atoms with Gasteiger partial charge in [0.25, 0.3) is 5.56 Å². The lowest BCUT2D eigenvalue weighted by Crippen LogP contribution is -2.41. The van der Waals surface area contributed by atoms with Gasteiger partial charge < -0.3 is 10.2 Å². The van der Waals surface area contributed by atoms with Gasteiger partial charge in [-0.15, -0.1) is 5.10 Å². The molecule has 0 aliphatic carbocycles. The molecule has 1 fully saturated rings. The largest absolute Gasteiger partial charge is 0.364 e. The first-order valence-electron chi connectivity index (χ1n) is 7.13. The fraction of sp³-hybridized carbons (Fsp3) is 0.769. The number of piperidine rings is 1. The highest BCUT2D eigenvalue weighted by atomic mass is 16.2. The van der Waals surface area contributed by atoms with E-state index in [2.05, 4.69) is 22.2 Å². The Hall–Kier alpha value is -1.63. The summed E-state index contributed by atoms with van der Waals surface area (Å²) >= 11 is 0. The molecule has 1 aliphatic heterocycles. The molecule has 1 aromatic rings. The maximum absolute atomic E-state index is 11.9. The van der Waals surface area contributed by atoms with E-state index in [1.54, 1.807) is 7.05 Å². The molecule has 0 spiro atoms. The summed E-state index contributed by atoms with van der Waals surface area (Å²) in [7, 11) is 3.02. The van der Waals surface area contributed by atoms with Crippen molar-refractivity contribution in [3.05, 3.63) is 20.8 Å². The predicted molar refractivity (Wildman–Crippen MR) is 78.0 cm³/mol. The zero-order valence-electron chi connectivity index (χ0n) is 12.4. The summed E-state index contributed by atoms with van der Waals surface area (Å²) in [5.41, 5.74) is -0.768. The highest BCUT2D eigenvalue weighted by molar-refractivity contribution is 5.29. The standard InChI is InChI=1S/C13H23N5O2/c1-4-18-7-5-10(6-8-18)9-14-11-12(19)16(2)13(20)17(3)15-11/h10H,4-9H2,1-3H3,(H,14,15). The highest BCUT2D eigenvalue weighted by Gasteiger charge is 2.18. The number of aryl methyl sites for hydroxylation is 1. The lowest BCUT2D eigenvalue weighted by molar-refractivity contribution is 0.198. The Bertz CT molecular complexity index is 569. The summed E-state index contributed by atoms with van der Waals surface area (Å²) in [5.74, 6) is 0.814. The van der Waals surface area contributed by atoms with Crippen LogP contribution in [0.5, 0.6) is 0 Å². The summed E-state index contributed by atoms with van der Waals surface area (Å²) in [4.78, 5) is 25.9. The Labute approximate surface area is 118 Å². The maximum Gasteiger partial charge on any atom is 0.346 e. The first-order chi connectivity index (χ1) is 9.52. The molecule has 1 saturated heterocycles. The maximum atomic E-state index is 11.9. The van der Waals surface area contributed by atoms with E-state index in [1.807, 2.05) is 0 Å². The van der Waals surface area contributed by atoms with Gasteiger partial charge in [-0.25, -0.2) is 9.48 Å². The van der Waals surface area contributed by atoms with Gasteiger partial charge in [0.1, 0.15) is 0 Å². The van der Waals surface area contributed by atoms with E-state index in [-0.39, 0.29) is 11.4 Å². The van der Waals surface area contributed by atoms with E-state index in [0.717, 1.165) is 43.6 Å². The van der Waals surface area contributed by atoms with Crippen LogP contribution in [0.3, 0.4) is 0 Å². The van der Waals surface area contributed by atoms with E-state index in [9.17, 15) is 9.59 Å². The topological polar surface area (TPSA) is 72.2 Å². The van der Waals surface area contributed by atoms with Crippen molar-refractivity contribution in [2.45, 2.75) is 19.8 Å². The van der Waals surface area contributed by atoms with Gasteiger partial charge in [0.05, 0.1) is 0 Å². The van der Waals surface area contributed by atoms with Crippen molar-refractivity contribution < 1.29 is 0 Å². The van der Waals surface area contributed by atoms with Crippen molar-refractivity contribution in [1.82, 2.24) is 19.2 Å². The van der Waals surface area contributed by atoms with Gasteiger partial charge in [-0.2, -0.15) is 0 Å². The van der Waals surface area contributed by atoms with Gasteiger partial charge in [-0.3, -0.25) is 9.36 Å². The second-order valence-corrected chi connectivity index (χ2v) is 5.38. The van der Waals surface area contributed by atoms with E-state index in [4.69, 9.17) is 0 Å². The summed E-state index contributed by atoms with van der Waals surface area (Å²) in [6, 6.07) is 0. The number of aromatic nitrogens is 3. The number of nitrogens with one attached hydrogen (secondary N) is 1. The van der Waals surface area contributed by atoms with Crippen LogP contribution in [0.2, 0.25) is 0 Å². The van der Waals surface area contributed by atoms with Crippen LogP contribution in [-0.4, -0.2) is 45.4 Å². The molecule has 0 radical (unpaired) electrons. The average molecular weight is 281 g/mol. The van der Waals surface area contributed by atoms with Crippen molar-refractivity contribution in [3.63, 3.8) is 0 Å². The Morgan fingerprint density at radius 2 is 1.90 bits per heavy atom. The fourth-order valence-corrected chi connectivity index (χ4v) is 2.56. The molecule has 0 atom stereocenters. The lowest BCUT2D eigenvalue weighted by atomic mass is 9.97. The Balaban J connectivity index is 1.99. The van der Waals surface area contributed by atoms with E-state index >= 15 is 0 Å². The average Bonchev–Trinajstić information content (AvgIpc) is 2.48. The molecule has 112 valence electrons. The molecule has 0 unspecified atom stereocenters. The molecule has 2 rings (SSSR count). The summed E-state index contributed by atoms with van der Waals surface area (Å²) < 4.78 is 2.26. The third-order valence-electron chi connectivity index (χ3n) is 4.03. The van der Waals surface area contributed by atoms with E-state index in [1.165, 1.54) is 11.7 Å². The number of rotatable bonds is 4. The molecule has 1 N–H and O–H groups in total. The van der Waals surface area contributed by atoms with E-state index < -0.39 is 5.69 Å². The quantitative estimate of drug-likeness (QED) is 0.815. The van der Waals surface area contributed by atoms with Crippen LogP contribution >= 0.6 is 0 Å². The molecule has 20 heavy (non-hydrogen) atoms. The molecule has 2 heterocycles. The van der Waals surface area contributed by atoms with Gasteiger partial charge in [0, 0.05) is 20.6 Å². The minimum absolute atomic E-state index is 0.257. The third-order valence-corrected chi connectivity index (χ3v) is 4.03.